The third kappa shape index (κ3) is 6.49. The summed E-state index contributed by atoms with van der Waals surface area (Å²) in [6, 6.07) is 20.8. The van der Waals surface area contributed by atoms with Gasteiger partial charge in [0.2, 0.25) is 10.0 Å². The lowest BCUT2D eigenvalue weighted by atomic mass is 10.2. The molecule has 1 amide bonds. The van der Waals surface area contributed by atoms with Crippen LogP contribution in [0.1, 0.15) is 16.7 Å². The number of carbonyl (C=O) groups excluding carboxylic acids is 1. The molecule has 0 heterocycles. The molecular formula is C23H21BrClN3O3S. The molecule has 0 atom stereocenters. The van der Waals surface area contributed by atoms with E-state index in [0.29, 0.717) is 10.6 Å². The standard InChI is InChI=1S/C23H21BrClN3O3S/c1-17-9-11-21(12-10-17)32(30,31)28(15-19-6-2-3-8-22(19)25)16-23(29)27-26-14-18-5-4-7-20(24)13-18/h2-14H,15-16H2,1H3,(H,27,29)/b26-14-. The van der Waals surface area contributed by atoms with Crippen molar-refractivity contribution >= 4 is 49.7 Å². The summed E-state index contributed by atoms with van der Waals surface area (Å²) in [5.41, 5.74) is 4.69. The van der Waals surface area contributed by atoms with Gasteiger partial charge in [-0.1, -0.05) is 75.6 Å². The molecule has 1 N–H and O–H groups in total. The molecule has 166 valence electrons. The molecule has 32 heavy (non-hydrogen) atoms. The number of hydrogen-bond donors (Lipinski definition) is 1. The van der Waals surface area contributed by atoms with Crippen LogP contribution in [0.4, 0.5) is 0 Å². The van der Waals surface area contributed by atoms with Gasteiger partial charge in [-0.15, -0.1) is 0 Å². The lowest BCUT2D eigenvalue weighted by molar-refractivity contribution is -0.121. The van der Waals surface area contributed by atoms with Crippen LogP contribution in [0.3, 0.4) is 0 Å². The topological polar surface area (TPSA) is 78.8 Å². The van der Waals surface area contributed by atoms with E-state index < -0.39 is 22.5 Å². The number of benzene rings is 3. The van der Waals surface area contributed by atoms with Gasteiger partial charge >= 0.3 is 0 Å². The molecule has 0 fully saturated rings. The van der Waals surface area contributed by atoms with E-state index >= 15 is 0 Å². The van der Waals surface area contributed by atoms with Gasteiger partial charge in [0.1, 0.15) is 0 Å². The molecule has 0 bridgehead atoms. The monoisotopic (exact) mass is 533 g/mol. The Labute approximate surface area is 201 Å². The van der Waals surface area contributed by atoms with E-state index in [1.54, 1.807) is 36.4 Å². The number of sulfonamides is 1. The van der Waals surface area contributed by atoms with Crippen molar-refractivity contribution in [3.8, 4) is 0 Å². The molecule has 0 aromatic heterocycles. The van der Waals surface area contributed by atoms with Crippen molar-refractivity contribution in [2.45, 2.75) is 18.4 Å². The molecule has 9 heteroatoms. The summed E-state index contributed by atoms with van der Waals surface area (Å²) in [6.07, 6.45) is 1.48. The number of nitrogens with one attached hydrogen (secondary N) is 1. The normalized spacial score (nSPS) is 11.8. The van der Waals surface area contributed by atoms with Crippen LogP contribution < -0.4 is 5.43 Å². The molecule has 0 aliphatic carbocycles. The average molecular weight is 535 g/mol. The van der Waals surface area contributed by atoms with Gasteiger partial charge in [-0.2, -0.15) is 9.41 Å². The molecule has 0 saturated heterocycles. The maximum Gasteiger partial charge on any atom is 0.255 e. The lowest BCUT2D eigenvalue weighted by Crippen LogP contribution is -2.39. The highest BCUT2D eigenvalue weighted by Gasteiger charge is 2.27. The van der Waals surface area contributed by atoms with Crippen LogP contribution >= 0.6 is 27.5 Å². The van der Waals surface area contributed by atoms with Crippen molar-refractivity contribution in [2.75, 3.05) is 6.54 Å². The van der Waals surface area contributed by atoms with Gasteiger partial charge in [-0.25, -0.2) is 13.8 Å². The van der Waals surface area contributed by atoms with Gasteiger partial charge in [-0.05, 0) is 48.4 Å². The Morgan fingerprint density at radius 3 is 2.50 bits per heavy atom. The summed E-state index contributed by atoms with van der Waals surface area (Å²) < 4.78 is 28.5. The fourth-order valence-electron chi connectivity index (χ4n) is 2.86. The van der Waals surface area contributed by atoms with Gasteiger partial charge in [0, 0.05) is 16.0 Å². The van der Waals surface area contributed by atoms with Crippen molar-refractivity contribution in [1.82, 2.24) is 9.73 Å². The minimum atomic E-state index is -3.95. The molecule has 6 nitrogen and oxygen atoms in total. The van der Waals surface area contributed by atoms with Crippen molar-refractivity contribution in [3.05, 3.63) is 99.0 Å². The predicted octanol–water partition coefficient (Wildman–Crippen LogP) is 4.75. The Balaban J connectivity index is 1.81. The van der Waals surface area contributed by atoms with Gasteiger partial charge < -0.3 is 0 Å². The zero-order valence-corrected chi connectivity index (χ0v) is 20.4. The number of nitrogens with zero attached hydrogens (tertiary/aromatic N) is 2. The van der Waals surface area contributed by atoms with Crippen LogP contribution in [0.2, 0.25) is 5.02 Å². The van der Waals surface area contributed by atoms with Crippen LogP contribution in [0.15, 0.2) is 87.3 Å². The van der Waals surface area contributed by atoms with Crippen LogP contribution in [0.5, 0.6) is 0 Å². The SMILES string of the molecule is Cc1ccc(S(=O)(=O)N(CC(=O)N/N=C\c2cccc(Br)c2)Cc2ccccc2Cl)cc1. The summed E-state index contributed by atoms with van der Waals surface area (Å²) in [6.45, 7) is 1.39. The van der Waals surface area contributed by atoms with E-state index in [1.165, 1.54) is 18.3 Å². The quantitative estimate of drug-likeness (QED) is 0.335. The Kier molecular flexibility index (Phi) is 8.20. The van der Waals surface area contributed by atoms with E-state index in [9.17, 15) is 13.2 Å². The first-order valence-corrected chi connectivity index (χ1v) is 12.2. The molecule has 0 aliphatic heterocycles. The minimum absolute atomic E-state index is 0.0569. The molecule has 0 unspecified atom stereocenters. The summed E-state index contributed by atoms with van der Waals surface area (Å²) >= 11 is 9.60. The highest BCUT2D eigenvalue weighted by molar-refractivity contribution is 9.10. The zero-order chi connectivity index (χ0) is 23.1. The fourth-order valence-corrected chi connectivity index (χ4v) is 4.85. The highest BCUT2D eigenvalue weighted by atomic mass is 79.9. The van der Waals surface area contributed by atoms with Crippen molar-refractivity contribution in [3.63, 3.8) is 0 Å². The summed E-state index contributed by atoms with van der Waals surface area (Å²) in [5, 5.41) is 4.35. The summed E-state index contributed by atoms with van der Waals surface area (Å²) in [4.78, 5) is 12.6. The third-order valence-electron chi connectivity index (χ3n) is 4.53. The number of aryl methyl sites for hydroxylation is 1. The second-order valence-corrected chi connectivity index (χ2v) is 10.3. The Morgan fingerprint density at radius 2 is 1.81 bits per heavy atom. The molecule has 3 aromatic rings. The fraction of sp³-hybridized carbons (Fsp3) is 0.130. The highest BCUT2D eigenvalue weighted by Crippen LogP contribution is 2.22. The number of rotatable bonds is 8. The molecular weight excluding hydrogens is 514 g/mol. The van der Waals surface area contributed by atoms with Crippen molar-refractivity contribution in [2.24, 2.45) is 5.10 Å². The molecule has 3 aromatic carbocycles. The van der Waals surface area contributed by atoms with Crippen molar-refractivity contribution < 1.29 is 13.2 Å². The van der Waals surface area contributed by atoms with Crippen LogP contribution in [0, 0.1) is 6.92 Å². The van der Waals surface area contributed by atoms with E-state index in [4.69, 9.17) is 11.6 Å². The largest absolute Gasteiger partial charge is 0.272 e. The number of amides is 1. The first-order chi connectivity index (χ1) is 15.3. The van der Waals surface area contributed by atoms with Gasteiger partial charge in [0.15, 0.2) is 0 Å². The number of hydrogen-bond acceptors (Lipinski definition) is 4. The Hall–Kier alpha value is -2.52. The molecule has 3 rings (SSSR count). The number of hydrazone groups is 1. The van der Waals surface area contributed by atoms with E-state index in [1.807, 2.05) is 31.2 Å². The number of halogens is 2. The summed E-state index contributed by atoms with van der Waals surface area (Å²) in [7, 11) is -3.95. The molecule has 0 spiro atoms. The van der Waals surface area contributed by atoms with Crippen molar-refractivity contribution in [1.29, 1.82) is 0 Å². The van der Waals surface area contributed by atoms with Gasteiger partial charge in [0.05, 0.1) is 17.7 Å². The second kappa shape index (κ2) is 10.9. The van der Waals surface area contributed by atoms with Crippen LogP contribution in [-0.2, 0) is 21.4 Å². The lowest BCUT2D eigenvalue weighted by Gasteiger charge is -2.22. The number of carbonyl (C=O) groups is 1. The average Bonchev–Trinajstić information content (AvgIpc) is 2.75. The summed E-state index contributed by atoms with van der Waals surface area (Å²) in [5.74, 6) is -0.570. The Morgan fingerprint density at radius 1 is 1.09 bits per heavy atom. The third-order valence-corrected chi connectivity index (χ3v) is 7.20. The van der Waals surface area contributed by atoms with E-state index in [-0.39, 0.29) is 11.4 Å². The van der Waals surface area contributed by atoms with E-state index in [2.05, 4.69) is 26.5 Å². The Bertz CT molecular complexity index is 1230. The minimum Gasteiger partial charge on any atom is -0.272 e. The van der Waals surface area contributed by atoms with Gasteiger partial charge in [0.25, 0.3) is 5.91 Å². The van der Waals surface area contributed by atoms with Crippen LogP contribution in [0.25, 0.3) is 0 Å². The molecule has 0 aliphatic rings. The predicted molar refractivity (Wildman–Crippen MR) is 130 cm³/mol. The van der Waals surface area contributed by atoms with E-state index in [0.717, 1.165) is 19.9 Å². The zero-order valence-electron chi connectivity index (χ0n) is 17.2. The first-order valence-electron chi connectivity index (χ1n) is 9.63. The first kappa shape index (κ1) is 24.1. The van der Waals surface area contributed by atoms with Gasteiger partial charge in [-0.3, -0.25) is 4.79 Å². The molecule has 0 radical (unpaired) electrons. The maximum absolute atomic E-state index is 13.3. The second-order valence-electron chi connectivity index (χ2n) is 7.03. The van der Waals surface area contributed by atoms with Crippen LogP contribution in [-0.4, -0.2) is 31.4 Å². The smallest absolute Gasteiger partial charge is 0.255 e. The maximum atomic E-state index is 13.3. The molecule has 0 saturated carbocycles.